The van der Waals surface area contributed by atoms with E-state index in [9.17, 15) is 4.79 Å². The Hall–Kier alpha value is -1.40. The second kappa shape index (κ2) is 6.68. The highest BCUT2D eigenvalue weighted by Crippen LogP contribution is 2.20. The Morgan fingerprint density at radius 1 is 1.47 bits per heavy atom. The van der Waals surface area contributed by atoms with Crippen LogP contribution in [-0.4, -0.2) is 37.9 Å². The third kappa shape index (κ3) is 3.54. The molecule has 2 heterocycles. The highest BCUT2D eigenvalue weighted by molar-refractivity contribution is 5.87. The molecule has 1 unspecified atom stereocenters. The number of hydrogen-bond acceptors (Lipinski definition) is 6. The first-order valence-electron chi connectivity index (χ1n) is 6.42. The van der Waals surface area contributed by atoms with Crippen molar-refractivity contribution in [3.8, 4) is 0 Å². The number of hydrogen-bond donors (Lipinski definition) is 0. The summed E-state index contributed by atoms with van der Waals surface area (Å²) in [5.41, 5.74) is 0.483. The first-order chi connectivity index (χ1) is 9.24. The number of esters is 1. The summed E-state index contributed by atoms with van der Waals surface area (Å²) < 4.78 is 20.7. The molecule has 0 radical (unpaired) electrons. The summed E-state index contributed by atoms with van der Waals surface area (Å²) in [6.07, 6.45) is 3.97. The van der Waals surface area contributed by atoms with Crippen molar-refractivity contribution >= 4 is 5.97 Å². The maximum atomic E-state index is 11.5. The molecule has 2 rings (SSSR count). The van der Waals surface area contributed by atoms with Gasteiger partial charge >= 0.3 is 5.97 Å². The highest BCUT2D eigenvalue weighted by atomic mass is 16.5. The fourth-order valence-electron chi connectivity index (χ4n) is 2.15. The minimum absolute atomic E-state index is 0.131. The SMILES string of the molecule is COCc1nc(CCC2CCCO2)oc1C(=O)OC. The average Bonchev–Trinajstić information content (AvgIpc) is 3.05. The number of oxazole rings is 1. The van der Waals surface area contributed by atoms with Crippen molar-refractivity contribution in [1.29, 1.82) is 0 Å². The van der Waals surface area contributed by atoms with E-state index in [2.05, 4.69) is 9.72 Å². The van der Waals surface area contributed by atoms with Gasteiger partial charge in [-0.2, -0.15) is 0 Å². The first-order valence-corrected chi connectivity index (χ1v) is 6.42. The van der Waals surface area contributed by atoms with Crippen LogP contribution >= 0.6 is 0 Å². The smallest absolute Gasteiger partial charge is 0.376 e. The molecule has 0 spiro atoms. The lowest BCUT2D eigenvalue weighted by molar-refractivity contribution is 0.0556. The van der Waals surface area contributed by atoms with Gasteiger partial charge in [0.15, 0.2) is 5.89 Å². The van der Waals surface area contributed by atoms with E-state index < -0.39 is 5.97 Å². The van der Waals surface area contributed by atoms with Crippen LogP contribution in [0.5, 0.6) is 0 Å². The molecule has 0 amide bonds. The summed E-state index contributed by atoms with van der Waals surface area (Å²) in [5.74, 6) is 0.137. The molecule has 1 aromatic heterocycles. The number of carbonyl (C=O) groups excluding carboxylic acids is 1. The van der Waals surface area contributed by atoms with Crippen LogP contribution in [0, 0.1) is 0 Å². The van der Waals surface area contributed by atoms with Gasteiger partial charge in [-0.3, -0.25) is 0 Å². The highest BCUT2D eigenvalue weighted by Gasteiger charge is 2.22. The van der Waals surface area contributed by atoms with E-state index in [0.29, 0.717) is 18.0 Å². The molecular formula is C13H19NO5. The average molecular weight is 269 g/mol. The Morgan fingerprint density at radius 2 is 2.32 bits per heavy atom. The minimum Gasteiger partial charge on any atom is -0.463 e. The molecule has 1 saturated heterocycles. The second-order valence-corrected chi connectivity index (χ2v) is 4.48. The van der Waals surface area contributed by atoms with E-state index in [4.69, 9.17) is 13.9 Å². The quantitative estimate of drug-likeness (QED) is 0.732. The molecule has 1 fully saturated rings. The largest absolute Gasteiger partial charge is 0.463 e. The van der Waals surface area contributed by atoms with Crippen molar-refractivity contribution in [2.45, 2.75) is 38.4 Å². The number of aryl methyl sites for hydroxylation is 1. The Balaban J connectivity index is 2.01. The zero-order chi connectivity index (χ0) is 13.7. The van der Waals surface area contributed by atoms with Gasteiger partial charge in [-0.25, -0.2) is 9.78 Å². The molecule has 0 bridgehead atoms. The maximum Gasteiger partial charge on any atom is 0.376 e. The van der Waals surface area contributed by atoms with Crippen LogP contribution in [0.3, 0.4) is 0 Å². The van der Waals surface area contributed by atoms with Crippen LogP contribution < -0.4 is 0 Å². The number of carbonyl (C=O) groups is 1. The normalized spacial score (nSPS) is 18.7. The van der Waals surface area contributed by atoms with Crippen LogP contribution in [0.15, 0.2) is 4.42 Å². The van der Waals surface area contributed by atoms with Crippen molar-refractivity contribution in [2.24, 2.45) is 0 Å². The van der Waals surface area contributed by atoms with Gasteiger partial charge in [0.25, 0.3) is 0 Å². The number of aromatic nitrogens is 1. The molecule has 1 aliphatic heterocycles. The fourth-order valence-corrected chi connectivity index (χ4v) is 2.15. The van der Waals surface area contributed by atoms with E-state index in [1.165, 1.54) is 7.11 Å². The summed E-state index contributed by atoms with van der Waals surface area (Å²) in [5, 5.41) is 0. The molecule has 1 atom stereocenters. The summed E-state index contributed by atoms with van der Waals surface area (Å²) in [4.78, 5) is 15.8. The second-order valence-electron chi connectivity index (χ2n) is 4.48. The molecule has 0 N–H and O–H groups in total. The Morgan fingerprint density at radius 3 is 2.95 bits per heavy atom. The third-order valence-electron chi connectivity index (χ3n) is 3.10. The minimum atomic E-state index is -0.525. The third-order valence-corrected chi connectivity index (χ3v) is 3.10. The summed E-state index contributed by atoms with van der Waals surface area (Å²) in [6.45, 7) is 1.06. The Bertz CT molecular complexity index is 423. The van der Waals surface area contributed by atoms with Gasteiger partial charge in [-0.05, 0) is 19.3 Å². The number of nitrogens with zero attached hydrogens (tertiary/aromatic N) is 1. The van der Waals surface area contributed by atoms with Crippen LogP contribution in [-0.2, 0) is 27.2 Å². The standard InChI is InChI=1S/C13H19NO5/c1-16-8-10-12(13(15)17-2)19-11(14-10)6-5-9-4-3-7-18-9/h9H,3-8H2,1-2H3. The lowest BCUT2D eigenvalue weighted by atomic mass is 10.1. The van der Waals surface area contributed by atoms with Gasteiger partial charge < -0.3 is 18.6 Å². The van der Waals surface area contributed by atoms with E-state index in [-0.39, 0.29) is 18.5 Å². The molecule has 106 valence electrons. The van der Waals surface area contributed by atoms with Crippen molar-refractivity contribution in [3.05, 3.63) is 17.3 Å². The zero-order valence-electron chi connectivity index (χ0n) is 11.3. The molecule has 6 nitrogen and oxygen atoms in total. The van der Waals surface area contributed by atoms with Crippen molar-refractivity contribution < 1.29 is 23.4 Å². The van der Waals surface area contributed by atoms with Crippen molar-refractivity contribution in [3.63, 3.8) is 0 Å². The summed E-state index contributed by atoms with van der Waals surface area (Å²) in [7, 11) is 2.86. The Kier molecular flexibility index (Phi) is 4.93. The number of ether oxygens (including phenoxy) is 3. The van der Waals surface area contributed by atoms with Gasteiger partial charge in [0.05, 0.1) is 19.8 Å². The monoisotopic (exact) mass is 269 g/mol. The Labute approximate surface area is 112 Å². The lowest BCUT2D eigenvalue weighted by Gasteiger charge is -2.06. The van der Waals surface area contributed by atoms with Crippen molar-refractivity contribution in [1.82, 2.24) is 4.98 Å². The molecule has 6 heteroatoms. The maximum absolute atomic E-state index is 11.5. The molecule has 1 aromatic rings. The first kappa shape index (κ1) is 14.0. The molecular weight excluding hydrogens is 250 g/mol. The lowest BCUT2D eigenvalue weighted by Crippen LogP contribution is -2.06. The molecule has 0 saturated carbocycles. The van der Waals surface area contributed by atoms with Crippen LogP contribution in [0.1, 0.15) is 41.4 Å². The summed E-state index contributed by atoms with van der Waals surface area (Å²) in [6, 6.07) is 0. The topological polar surface area (TPSA) is 70.8 Å². The molecule has 19 heavy (non-hydrogen) atoms. The van der Waals surface area contributed by atoms with Gasteiger partial charge in [0.1, 0.15) is 5.69 Å². The molecule has 0 aromatic carbocycles. The van der Waals surface area contributed by atoms with E-state index >= 15 is 0 Å². The van der Waals surface area contributed by atoms with E-state index in [1.54, 1.807) is 7.11 Å². The van der Waals surface area contributed by atoms with Crippen molar-refractivity contribution in [2.75, 3.05) is 20.8 Å². The van der Waals surface area contributed by atoms with E-state index in [0.717, 1.165) is 25.9 Å². The van der Waals surface area contributed by atoms with Gasteiger partial charge in [-0.1, -0.05) is 0 Å². The van der Waals surface area contributed by atoms with Crippen LogP contribution in [0.25, 0.3) is 0 Å². The number of rotatable bonds is 6. The predicted molar refractivity (Wildman–Crippen MR) is 65.9 cm³/mol. The van der Waals surface area contributed by atoms with Crippen LogP contribution in [0.2, 0.25) is 0 Å². The molecule has 0 aliphatic carbocycles. The predicted octanol–water partition coefficient (Wildman–Crippen LogP) is 1.72. The van der Waals surface area contributed by atoms with Gasteiger partial charge in [0.2, 0.25) is 5.76 Å². The zero-order valence-corrected chi connectivity index (χ0v) is 11.3. The van der Waals surface area contributed by atoms with Crippen LogP contribution in [0.4, 0.5) is 0 Å². The van der Waals surface area contributed by atoms with Gasteiger partial charge in [-0.15, -0.1) is 0 Å². The molecule has 1 aliphatic rings. The number of methoxy groups -OCH3 is 2. The fraction of sp³-hybridized carbons (Fsp3) is 0.692. The van der Waals surface area contributed by atoms with E-state index in [1.807, 2.05) is 0 Å². The van der Waals surface area contributed by atoms with Gasteiger partial charge in [0, 0.05) is 20.1 Å². The summed E-state index contributed by atoms with van der Waals surface area (Å²) >= 11 is 0.